The number of ether oxygens (including phenoxy) is 1. The van der Waals surface area contributed by atoms with Gasteiger partial charge in [0.05, 0.1) is 12.0 Å². The van der Waals surface area contributed by atoms with Gasteiger partial charge < -0.3 is 9.64 Å². The first-order chi connectivity index (χ1) is 11.0. The van der Waals surface area contributed by atoms with E-state index in [9.17, 15) is 9.59 Å². The SMILES string of the molecule is CC.CCOC(=O)C1(CC)CCN(C(=O)c2ccc(C)cc2)C1. The van der Waals surface area contributed by atoms with E-state index >= 15 is 0 Å². The van der Waals surface area contributed by atoms with Crippen molar-refractivity contribution in [1.29, 1.82) is 0 Å². The zero-order valence-electron chi connectivity index (χ0n) is 15.0. The van der Waals surface area contributed by atoms with E-state index in [0.717, 1.165) is 5.56 Å². The van der Waals surface area contributed by atoms with Crippen LogP contribution in [0.15, 0.2) is 24.3 Å². The predicted octanol–water partition coefficient (Wildman–Crippen LogP) is 3.83. The fourth-order valence-corrected chi connectivity index (χ4v) is 2.81. The van der Waals surface area contributed by atoms with E-state index in [1.54, 1.807) is 4.90 Å². The van der Waals surface area contributed by atoms with Gasteiger partial charge in [0.25, 0.3) is 5.91 Å². The number of rotatable bonds is 4. The number of carbonyl (C=O) groups excluding carboxylic acids is 2. The Morgan fingerprint density at radius 3 is 2.30 bits per heavy atom. The third-order valence-corrected chi connectivity index (χ3v) is 4.32. The van der Waals surface area contributed by atoms with Crippen LogP contribution in [-0.2, 0) is 9.53 Å². The molecule has 1 heterocycles. The van der Waals surface area contributed by atoms with E-state index in [2.05, 4.69) is 0 Å². The van der Waals surface area contributed by atoms with Crippen LogP contribution in [0.2, 0.25) is 0 Å². The summed E-state index contributed by atoms with van der Waals surface area (Å²) in [6.45, 7) is 11.2. The van der Waals surface area contributed by atoms with E-state index in [-0.39, 0.29) is 11.9 Å². The van der Waals surface area contributed by atoms with Gasteiger partial charge in [-0.1, -0.05) is 38.5 Å². The van der Waals surface area contributed by atoms with E-state index < -0.39 is 5.41 Å². The molecule has 1 aromatic rings. The lowest BCUT2D eigenvalue weighted by Gasteiger charge is -2.25. The summed E-state index contributed by atoms with van der Waals surface area (Å²) >= 11 is 0. The Hall–Kier alpha value is -1.84. The molecule has 0 radical (unpaired) electrons. The largest absolute Gasteiger partial charge is 0.466 e. The highest BCUT2D eigenvalue weighted by atomic mass is 16.5. The Bertz CT molecular complexity index is 524. The van der Waals surface area contributed by atoms with Crippen LogP contribution in [0.25, 0.3) is 0 Å². The molecule has 2 rings (SSSR count). The molecule has 1 fully saturated rings. The molecule has 0 spiro atoms. The van der Waals surface area contributed by atoms with E-state index in [1.807, 2.05) is 58.9 Å². The fraction of sp³-hybridized carbons (Fsp3) is 0.579. The quantitative estimate of drug-likeness (QED) is 0.792. The number of hydrogen-bond acceptors (Lipinski definition) is 3. The molecule has 1 amide bonds. The minimum absolute atomic E-state index is 0.00498. The maximum Gasteiger partial charge on any atom is 0.313 e. The predicted molar refractivity (Wildman–Crippen MR) is 92.4 cm³/mol. The Kier molecular flexibility index (Phi) is 7.27. The van der Waals surface area contributed by atoms with Gasteiger partial charge in [-0.2, -0.15) is 0 Å². The highest BCUT2D eigenvalue weighted by molar-refractivity contribution is 5.95. The summed E-state index contributed by atoms with van der Waals surface area (Å²) in [5.74, 6) is -0.179. The monoisotopic (exact) mass is 319 g/mol. The number of hydrogen-bond donors (Lipinski definition) is 0. The molecule has 128 valence electrons. The van der Waals surface area contributed by atoms with Gasteiger partial charge in [0, 0.05) is 18.7 Å². The molecule has 4 nitrogen and oxygen atoms in total. The van der Waals surface area contributed by atoms with Crippen molar-refractivity contribution in [2.45, 2.75) is 47.5 Å². The van der Waals surface area contributed by atoms with Crippen molar-refractivity contribution in [2.24, 2.45) is 5.41 Å². The van der Waals surface area contributed by atoms with Crippen LogP contribution in [0, 0.1) is 12.3 Å². The second kappa shape index (κ2) is 8.70. The van der Waals surface area contributed by atoms with Crippen molar-refractivity contribution in [1.82, 2.24) is 4.90 Å². The summed E-state index contributed by atoms with van der Waals surface area (Å²) < 4.78 is 5.19. The molecule has 1 unspecified atom stereocenters. The molecule has 0 N–H and O–H groups in total. The summed E-state index contributed by atoms with van der Waals surface area (Å²) in [5.41, 5.74) is 1.27. The third kappa shape index (κ3) is 4.34. The molecular formula is C19H29NO3. The van der Waals surface area contributed by atoms with Gasteiger partial charge in [-0.25, -0.2) is 0 Å². The lowest BCUT2D eigenvalue weighted by Crippen LogP contribution is -2.37. The lowest BCUT2D eigenvalue weighted by atomic mass is 9.84. The second-order valence-corrected chi connectivity index (χ2v) is 5.70. The van der Waals surface area contributed by atoms with Gasteiger partial charge in [0.15, 0.2) is 0 Å². The Labute approximate surface area is 139 Å². The van der Waals surface area contributed by atoms with Crippen molar-refractivity contribution < 1.29 is 14.3 Å². The Morgan fingerprint density at radius 1 is 1.17 bits per heavy atom. The first kappa shape index (κ1) is 19.2. The van der Waals surface area contributed by atoms with Crippen LogP contribution >= 0.6 is 0 Å². The molecule has 1 aliphatic heterocycles. The number of likely N-dealkylation sites (tertiary alicyclic amines) is 1. The minimum atomic E-state index is -0.531. The van der Waals surface area contributed by atoms with E-state index in [4.69, 9.17) is 4.74 Å². The summed E-state index contributed by atoms with van der Waals surface area (Å²) in [6.07, 6.45) is 1.38. The first-order valence-corrected chi connectivity index (χ1v) is 8.55. The van der Waals surface area contributed by atoms with Crippen LogP contribution < -0.4 is 0 Å². The number of amides is 1. The molecule has 1 atom stereocenters. The smallest absolute Gasteiger partial charge is 0.313 e. The van der Waals surface area contributed by atoms with Crippen LogP contribution in [-0.4, -0.2) is 36.5 Å². The lowest BCUT2D eigenvalue weighted by molar-refractivity contribution is -0.154. The maximum atomic E-state index is 12.5. The fourth-order valence-electron chi connectivity index (χ4n) is 2.81. The van der Waals surface area contributed by atoms with Gasteiger partial charge >= 0.3 is 5.97 Å². The van der Waals surface area contributed by atoms with E-state index in [1.165, 1.54) is 0 Å². The first-order valence-electron chi connectivity index (χ1n) is 8.55. The van der Waals surface area contributed by atoms with Crippen LogP contribution in [0.4, 0.5) is 0 Å². The van der Waals surface area contributed by atoms with Crippen LogP contribution in [0.3, 0.4) is 0 Å². The van der Waals surface area contributed by atoms with Crippen molar-refractivity contribution in [3.05, 3.63) is 35.4 Å². The van der Waals surface area contributed by atoms with Gasteiger partial charge in [-0.15, -0.1) is 0 Å². The number of benzene rings is 1. The highest BCUT2D eigenvalue weighted by Crippen LogP contribution is 2.36. The highest BCUT2D eigenvalue weighted by Gasteiger charge is 2.45. The number of esters is 1. The topological polar surface area (TPSA) is 46.6 Å². The Morgan fingerprint density at radius 2 is 1.78 bits per heavy atom. The molecule has 0 saturated carbocycles. The molecule has 23 heavy (non-hydrogen) atoms. The molecule has 1 aromatic carbocycles. The summed E-state index contributed by atoms with van der Waals surface area (Å²) in [7, 11) is 0. The number of aryl methyl sites for hydroxylation is 1. The van der Waals surface area contributed by atoms with Crippen molar-refractivity contribution >= 4 is 11.9 Å². The summed E-state index contributed by atoms with van der Waals surface area (Å²) in [5, 5.41) is 0. The molecule has 0 aliphatic carbocycles. The van der Waals surface area contributed by atoms with Gasteiger partial charge in [-0.05, 0) is 38.8 Å². The van der Waals surface area contributed by atoms with Gasteiger partial charge in [0.1, 0.15) is 0 Å². The number of nitrogens with zero attached hydrogens (tertiary/aromatic N) is 1. The summed E-state index contributed by atoms with van der Waals surface area (Å²) in [6, 6.07) is 7.55. The van der Waals surface area contributed by atoms with Gasteiger partial charge in [-0.3, -0.25) is 9.59 Å². The van der Waals surface area contributed by atoms with Gasteiger partial charge in [0.2, 0.25) is 0 Å². The Balaban J connectivity index is 0.00000127. The third-order valence-electron chi connectivity index (χ3n) is 4.32. The standard InChI is InChI=1S/C17H23NO3.C2H6/c1-4-17(16(20)21-5-2)10-11-18(12-17)15(19)14-8-6-13(3)7-9-14;1-2/h6-9H,4-5,10-12H2,1-3H3;1-2H3. The zero-order chi connectivity index (χ0) is 17.5. The van der Waals surface area contributed by atoms with Crippen molar-refractivity contribution in [3.63, 3.8) is 0 Å². The van der Waals surface area contributed by atoms with Crippen LogP contribution in [0.1, 0.15) is 56.5 Å². The van der Waals surface area contributed by atoms with Crippen molar-refractivity contribution in [3.8, 4) is 0 Å². The van der Waals surface area contributed by atoms with E-state index in [0.29, 0.717) is 38.1 Å². The minimum Gasteiger partial charge on any atom is -0.466 e. The summed E-state index contributed by atoms with van der Waals surface area (Å²) in [4.78, 5) is 26.5. The normalized spacial score (nSPS) is 19.8. The molecule has 1 aliphatic rings. The molecule has 0 aromatic heterocycles. The van der Waals surface area contributed by atoms with Crippen molar-refractivity contribution in [2.75, 3.05) is 19.7 Å². The molecule has 0 bridgehead atoms. The second-order valence-electron chi connectivity index (χ2n) is 5.70. The molecular weight excluding hydrogens is 290 g/mol. The molecule has 1 saturated heterocycles. The molecule has 4 heteroatoms. The van der Waals surface area contributed by atoms with Crippen LogP contribution in [0.5, 0.6) is 0 Å². The average molecular weight is 319 g/mol. The maximum absolute atomic E-state index is 12.5. The zero-order valence-corrected chi connectivity index (χ0v) is 15.0. The number of carbonyl (C=O) groups is 2. The average Bonchev–Trinajstić information content (AvgIpc) is 3.03.